The van der Waals surface area contributed by atoms with Gasteiger partial charge in [-0.15, -0.1) is 0 Å². The van der Waals surface area contributed by atoms with Crippen LogP contribution in [-0.4, -0.2) is 9.97 Å². The largest absolute Gasteiger partial charge is 0.244 e. The Kier molecular flexibility index (Phi) is 0.520. The van der Waals surface area contributed by atoms with Crippen LogP contribution in [0.1, 0.15) is 0 Å². The third-order valence-corrected chi connectivity index (χ3v) is 1.85. The van der Waals surface area contributed by atoms with E-state index in [2.05, 4.69) is 22.1 Å². The average Bonchev–Trinajstić information content (AvgIpc) is 2.64. The molecular formula is C8H4N2. The fraction of sp³-hybridized carbons (Fsp3) is 0. The third-order valence-electron chi connectivity index (χ3n) is 1.85. The Morgan fingerprint density at radius 1 is 1.20 bits per heavy atom. The highest BCUT2D eigenvalue weighted by atomic mass is 14.8. The van der Waals surface area contributed by atoms with Crippen LogP contribution < -0.4 is 0 Å². The molecule has 1 heterocycles. The Balaban J connectivity index is 2.63. The maximum Gasteiger partial charge on any atom is 0.116 e. The molecule has 0 unspecified atom stereocenters. The summed E-state index contributed by atoms with van der Waals surface area (Å²) in [5.74, 6) is 0. The smallest absolute Gasteiger partial charge is 0.116 e. The van der Waals surface area contributed by atoms with Gasteiger partial charge in [-0.1, -0.05) is 0 Å². The highest BCUT2D eigenvalue weighted by Crippen LogP contribution is 2.41. The molecule has 0 aromatic carbocycles. The molecule has 2 aliphatic rings. The zero-order valence-corrected chi connectivity index (χ0v) is 5.20. The molecule has 2 aliphatic carbocycles. The molecule has 0 atom stereocenters. The molecule has 0 aliphatic heterocycles. The van der Waals surface area contributed by atoms with Crippen LogP contribution in [0.5, 0.6) is 0 Å². The monoisotopic (exact) mass is 128 g/mol. The van der Waals surface area contributed by atoms with Crippen LogP contribution in [0.25, 0.3) is 22.0 Å². The Bertz CT molecular complexity index is 421. The molecule has 3 rings (SSSR count). The van der Waals surface area contributed by atoms with Crippen LogP contribution >= 0.6 is 0 Å². The van der Waals surface area contributed by atoms with E-state index in [0.717, 1.165) is 5.52 Å². The van der Waals surface area contributed by atoms with Gasteiger partial charge in [0, 0.05) is 11.6 Å². The quantitative estimate of drug-likeness (QED) is 0.459. The van der Waals surface area contributed by atoms with Crippen LogP contribution in [0.2, 0.25) is 0 Å². The highest BCUT2D eigenvalue weighted by molar-refractivity contribution is 6.07. The number of aromatic nitrogens is 2. The summed E-state index contributed by atoms with van der Waals surface area (Å²) >= 11 is 0. The van der Waals surface area contributed by atoms with Crippen molar-refractivity contribution in [1.29, 1.82) is 0 Å². The fourth-order valence-corrected chi connectivity index (χ4v) is 1.28. The summed E-state index contributed by atoms with van der Waals surface area (Å²) in [5.41, 5.74) is 3.73. The van der Waals surface area contributed by atoms with Crippen LogP contribution in [-0.2, 0) is 0 Å². The standard InChI is InChI=1S/C8H4N2/c1-5-2-8-7(6(1)5)3-9-4-10-8/h1-4H. The second-order valence-electron chi connectivity index (χ2n) is 2.48. The zero-order valence-electron chi connectivity index (χ0n) is 5.20. The summed E-state index contributed by atoms with van der Waals surface area (Å²) in [6.07, 6.45) is 3.45. The number of rotatable bonds is 0. The topological polar surface area (TPSA) is 25.8 Å². The van der Waals surface area contributed by atoms with E-state index in [1.54, 1.807) is 6.33 Å². The van der Waals surface area contributed by atoms with Crippen molar-refractivity contribution in [2.45, 2.75) is 0 Å². The molecule has 0 N–H and O–H groups in total. The van der Waals surface area contributed by atoms with Gasteiger partial charge in [0.05, 0.1) is 5.52 Å². The molecule has 0 bridgehead atoms. The predicted molar refractivity (Wildman–Crippen MR) is 38.5 cm³/mol. The van der Waals surface area contributed by atoms with E-state index >= 15 is 0 Å². The lowest BCUT2D eigenvalue weighted by molar-refractivity contribution is 1.23. The van der Waals surface area contributed by atoms with Crippen molar-refractivity contribution < 1.29 is 0 Å². The van der Waals surface area contributed by atoms with E-state index < -0.39 is 0 Å². The molecule has 2 nitrogen and oxygen atoms in total. The predicted octanol–water partition coefficient (Wildman–Crippen LogP) is 1.61. The molecular weight excluding hydrogens is 124 g/mol. The summed E-state index contributed by atoms with van der Waals surface area (Å²) in [6.45, 7) is 0. The minimum Gasteiger partial charge on any atom is -0.244 e. The van der Waals surface area contributed by atoms with Crippen molar-refractivity contribution in [1.82, 2.24) is 9.97 Å². The van der Waals surface area contributed by atoms with Crippen LogP contribution in [0.3, 0.4) is 0 Å². The molecule has 0 saturated carbocycles. The summed E-state index contributed by atoms with van der Waals surface area (Å²) in [4.78, 5) is 8.06. The van der Waals surface area contributed by atoms with Gasteiger partial charge < -0.3 is 0 Å². The van der Waals surface area contributed by atoms with Crippen molar-refractivity contribution in [2.24, 2.45) is 0 Å². The van der Waals surface area contributed by atoms with E-state index in [0.29, 0.717) is 0 Å². The van der Waals surface area contributed by atoms with Crippen LogP contribution in [0.4, 0.5) is 0 Å². The van der Waals surface area contributed by atoms with E-state index in [4.69, 9.17) is 0 Å². The first-order chi connectivity index (χ1) is 4.95. The van der Waals surface area contributed by atoms with Crippen molar-refractivity contribution in [2.75, 3.05) is 0 Å². The third kappa shape index (κ3) is 0.365. The fourth-order valence-electron chi connectivity index (χ4n) is 1.28. The van der Waals surface area contributed by atoms with Gasteiger partial charge in [0.2, 0.25) is 0 Å². The number of fused-ring (bicyclic) bond motifs is 3. The van der Waals surface area contributed by atoms with Crippen LogP contribution in [0.15, 0.2) is 24.7 Å². The van der Waals surface area contributed by atoms with Crippen molar-refractivity contribution >= 4 is 10.9 Å². The first kappa shape index (κ1) is 4.39. The molecule has 0 radical (unpaired) electrons. The summed E-state index contributed by atoms with van der Waals surface area (Å²) in [7, 11) is 0. The van der Waals surface area contributed by atoms with Crippen LogP contribution in [0, 0.1) is 0 Å². The van der Waals surface area contributed by atoms with Gasteiger partial charge in [0.1, 0.15) is 6.33 Å². The SMILES string of the molecule is c1ncc2c3cc-3cc2n1. The molecule has 0 spiro atoms. The van der Waals surface area contributed by atoms with E-state index in [9.17, 15) is 0 Å². The molecule has 2 heteroatoms. The normalized spacial score (nSPS) is 12.0. The van der Waals surface area contributed by atoms with E-state index in [1.165, 1.54) is 16.5 Å². The van der Waals surface area contributed by atoms with Crippen molar-refractivity contribution in [3.05, 3.63) is 24.7 Å². The Hall–Kier alpha value is -1.44. The number of hydrogen-bond acceptors (Lipinski definition) is 2. The Morgan fingerprint density at radius 2 is 2.20 bits per heavy atom. The maximum absolute atomic E-state index is 4.11. The molecule has 1 aromatic heterocycles. The molecule has 0 fully saturated rings. The van der Waals surface area contributed by atoms with Gasteiger partial charge in [-0.25, -0.2) is 9.97 Å². The van der Waals surface area contributed by atoms with Gasteiger partial charge in [-0.3, -0.25) is 0 Å². The first-order valence-electron chi connectivity index (χ1n) is 3.19. The van der Waals surface area contributed by atoms with Gasteiger partial charge in [0.15, 0.2) is 0 Å². The van der Waals surface area contributed by atoms with Crippen molar-refractivity contribution in [3.8, 4) is 11.1 Å². The molecule has 0 amide bonds. The highest BCUT2D eigenvalue weighted by Gasteiger charge is 2.17. The summed E-state index contributed by atoms with van der Waals surface area (Å²) in [6, 6.07) is 4.23. The summed E-state index contributed by atoms with van der Waals surface area (Å²) < 4.78 is 0. The lowest BCUT2D eigenvalue weighted by Crippen LogP contribution is -1.73. The lowest BCUT2D eigenvalue weighted by Gasteiger charge is -1.83. The van der Waals surface area contributed by atoms with E-state index in [1.807, 2.05) is 6.20 Å². The number of benzene rings is 1. The molecule has 1 aromatic rings. The second-order valence-corrected chi connectivity index (χ2v) is 2.48. The maximum atomic E-state index is 4.11. The average molecular weight is 128 g/mol. The molecule has 10 heavy (non-hydrogen) atoms. The van der Waals surface area contributed by atoms with Gasteiger partial charge >= 0.3 is 0 Å². The van der Waals surface area contributed by atoms with Gasteiger partial charge in [-0.2, -0.15) is 0 Å². The Labute approximate surface area is 57.5 Å². The minimum absolute atomic E-state index is 1.07. The zero-order chi connectivity index (χ0) is 6.55. The van der Waals surface area contributed by atoms with E-state index in [-0.39, 0.29) is 0 Å². The first-order valence-corrected chi connectivity index (χ1v) is 3.19. The Morgan fingerprint density at radius 3 is 3.10 bits per heavy atom. The number of hydrogen-bond donors (Lipinski definition) is 0. The van der Waals surface area contributed by atoms with Gasteiger partial charge in [-0.05, 0) is 23.3 Å². The van der Waals surface area contributed by atoms with Crippen molar-refractivity contribution in [3.63, 3.8) is 0 Å². The summed E-state index contributed by atoms with van der Waals surface area (Å²) in [5, 5.41) is 1.19. The molecule has 0 saturated heterocycles. The lowest BCUT2D eigenvalue weighted by atomic mass is 10.4. The second kappa shape index (κ2) is 1.19. The van der Waals surface area contributed by atoms with Gasteiger partial charge in [0.25, 0.3) is 0 Å². The number of nitrogens with zero attached hydrogens (tertiary/aromatic N) is 2. The molecule has 46 valence electrons. The minimum atomic E-state index is 1.07.